The van der Waals surface area contributed by atoms with Gasteiger partial charge in [-0.2, -0.15) is 0 Å². The number of halogens is 1. The molecule has 0 radical (unpaired) electrons. The van der Waals surface area contributed by atoms with Gasteiger partial charge in [0, 0.05) is 17.1 Å². The molecule has 4 nitrogen and oxygen atoms in total. The van der Waals surface area contributed by atoms with Crippen molar-refractivity contribution in [3.63, 3.8) is 0 Å². The number of amides is 1. The second-order valence-electron chi connectivity index (χ2n) is 5.46. The molecule has 0 spiro atoms. The highest BCUT2D eigenvalue weighted by Crippen LogP contribution is 2.22. The van der Waals surface area contributed by atoms with Gasteiger partial charge in [-0.05, 0) is 56.2 Å². The minimum Gasteiger partial charge on any atom is -0.384 e. The van der Waals surface area contributed by atoms with Gasteiger partial charge in [0.25, 0.3) is 5.91 Å². The third-order valence-electron chi connectivity index (χ3n) is 3.80. The van der Waals surface area contributed by atoms with Crippen molar-refractivity contribution in [1.82, 2.24) is 10.3 Å². The topological polar surface area (TPSA) is 54.0 Å². The number of aryl methyl sites for hydroxylation is 1. The van der Waals surface area contributed by atoms with Crippen molar-refractivity contribution in [2.75, 3.05) is 11.9 Å². The number of nitrogens with one attached hydrogen (secondary N) is 2. The summed E-state index contributed by atoms with van der Waals surface area (Å²) >= 11 is 5.84. The van der Waals surface area contributed by atoms with Crippen LogP contribution in [0.2, 0.25) is 5.02 Å². The molecule has 0 fully saturated rings. The summed E-state index contributed by atoms with van der Waals surface area (Å²) in [7, 11) is 0. The van der Waals surface area contributed by atoms with Crippen LogP contribution in [0.25, 0.3) is 0 Å². The van der Waals surface area contributed by atoms with Gasteiger partial charge in [0.05, 0.1) is 23.1 Å². The molecule has 1 aromatic heterocycles. The van der Waals surface area contributed by atoms with Crippen LogP contribution in [0.1, 0.15) is 41.1 Å². The van der Waals surface area contributed by atoms with E-state index in [9.17, 15) is 4.79 Å². The first kappa shape index (κ1) is 14.9. The molecule has 1 aliphatic heterocycles. The van der Waals surface area contributed by atoms with Gasteiger partial charge in [0.1, 0.15) is 0 Å². The van der Waals surface area contributed by atoms with Crippen molar-refractivity contribution in [2.45, 2.75) is 25.8 Å². The van der Waals surface area contributed by atoms with E-state index in [0.717, 1.165) is 36.5 Å². The second kappa shape index (κ2) is 6.36. The van der Waals surface area contributed by atoms with Gasteiger partial charge in [0.15, 0.2) is 0 Å². The number of hydrogen-bond donors (Lipinski definition) is 2. The minimum atomic E-state index is -0.143. The van der Waals surface area contributed by atoms with Gasteiger partial charge in [-0.15, -0.1) is 0 Å². The number of carbonyl (C=O) groups is 1. The van der Waals surface area contributed by atoms with Crippen molar-refractivity contribution in [1.29, 1.82) is 0 Å². The number of nitrogens with zero attached hydrogens (tertiary/aromatic N) is 1. The quantitative estimate of drug-likeness (QED) is 0.910. The SMILES string of the molecule is CC(NC(=O)c1ccc(Cl)cc1)c1ccc2c(n1)CCCN2. The Kier molecular flexibility index (Phi) is 4.29. The first-order valence-electron chi connectivity index (χ1n) is 7.43. The molecule has 22 heavy (non-hydrogen) atoms. The van der Waals surface area contributed by atoms with E-state index >= 15 is 0 Å². The Morgan fingerprint density at radius 3 is 2.82 bits per heavy atom. The van der Waals surface area contributed by atoms with Gasteiger partial charge in [-0.3, -0.25) is 9.78 Å². The minimum absolute atomic E-state index is 0.123. The standard InChI is InChI=1S/C17H18ClN3O/c1-11(20-17(22)12-4-6-13(18)7-5-12)14-8-9-15-16(21-14)3-2-10-19-15/h4-9,11,19H,2-3,10H2,1H3,(H,20,22). The molecular formula is C17H18ClN3O. The first-order chi connectivity index (χ1) is 10.6. The lowest BCUT2D eigenvalue weighted by Gasteiger charge is -2.20. The molecule has 2 heterocycles. The van der Waals surface area contributed by atoms with Crippen LogP contribution in [0.5, 0.6) is 0 Å². The fraction of sp³-hybridized carbons (Fsp3) is 0.294. The van der Waals surface area contributed by atoms with E-state index in [1.54, 1.807) is 24.3 Å². The molecule has 114 valence electrons. The average Bonchev–Trinajstić information content (AvgIpc) is 2.55. The molecule has 0 aliphatic carbocycles. The zero-order valence-electron chi connectivity index (χ0n) is 12.4. The summed E-state index contributed by atoms with van der Waals surface area (Å²) in [5.41, 5.74) is 3.66. The van der Waals surface area contributed by atoms with E-state index in [-0.39, 0.29) is 11.9 Å². The highest BCUT2D eigenvalue weighted by molar-refractivity contribution is 6.30. The van der Waals surface area contributed by atoms with Gasteiger partial charge < -0.3 is 10.6 Å². The predicted molar refractivity (Wildman–Crippen MR) is 88.4 cm³/mol. The molecule has 3 rings (SSSR count). The van der Waals surface area contributed by atoms with E-state index < -0.39 is 0 Å². The maximum atomic E-state index is 12.2. The largest absolute Gasteiger partial charge is 0.384 e. The smallest absolute Gasteiger partial charge is 0.251 e. The van der Waals surface area contributed by atoms with Crippen molar-refractivity contribution in [3.8, 4) is 0 Å². The molecule has 0 saturated carbocycles. The number of aromatic nitrogens is 1. The molecule has 1 unspecified atom stereocenters. The fourth-order valence-electron chi connectivity index (χ4n) is 2.54. The number of anilines is 1. The molecule has 1 aliphatic rings. The van der Waals surface area contributed by atoms with Crippen LogP contribution < -0.4 is 10.6 Å². The van der Waals surface area contributed by atoms with Crippen LogP contribution in [0.4, 0.5) is 5.69 Å². The molecule has 2 N–H and O–H groups in total. The van der Waals surface area contributed by atoms with Gasteiger partial charge >= 0.3 is 0 Å². The Bertz CT molecular complexity index is 685. The fourth-order valence-corrected chi connectivity index (χ4v) is 2.67. The van der Waals surface area contributed by atoms with Gasteiger partial charge in [-0.1, -0.05) is 11.6 Å². The molecule has 0 saturated heterocycles. The zero-order chi connectivity index (χ0) is 15.5. The summed E-state index contributed by atoms with van der Waals surface area (Å²) in [6, 6.07) is 10.7. The molecular weight excluding hydrogens is 298 g/mol. The van der Waals surface area contributed by atoms with Gasteiger partial charge in [-0.25, -0.2) is 0 Å². The van der Waals surface area contributed by atoms with Crippen molar-refractivity contribution >= 4 is 23.2 Å². The first-order valence-corrected chi connectivity index (χ1v) is 7.81. The Morgan fingerprint density at radius 1 is 1.27 bits per heavy atom. The van der Waals surface area contributed by atoms with Crippen molar-refractivity contribution < 1.29 is 4.79 Å². The number of fused-ring (bicyclic) bond motifs is 1. The summed E-state index contributed by atoms with van der Waals surface area (Å²) in [6.45, 7) is 2.94. The monoisotopic (exact) mass is 315 g/mol. The maximum Gasteiger partial charge on any atom is 0.251 e. The number of pyridine rings is 1. The van der Waals surface area contributed by atoms with Crippen LogP contribution >= 0.6 is 11.6 Å². The summed E-state index contributed by atoms with van der Waals surface area (Å²) in [5, 5.41) is 6.93. The van der Waals surface area contributed by atoms with Crippen LogP contribution in [0, 0.1) is 0 Å². The number of carbonyl (C=O) groups excluding carboxylic acids is 1. The number of benzene rings is 1. The number of hydrogen-bond acceptors (Lipinski definition) is 3. The molecule has 0 bridgehead atoms. The van der Waals surface area contributed by atoms with Crippen LogP contribution in [-0.4, -0.2) is 17.4 Å². The van der Waals surface area contributed by atoms with E-state index in [4.69, 9.17) is 11.6 Å². The Morgan fingerprint density at radius 2 is 2.05 bits per heavy atom. The van der Waals surface area contributed by atoms with Crippen LogP contribution in [0.3, 0.4) is 0 Å². The van der Waals surface area contributed by atoms with E-state index in [2.05, 4.69) is 15.6 Å². The van der Waals surface area contributed by atoms with Crippen LogP contribution in [0.15, 0.2) is 36.4 Å². The molecule has 1 atom stereocenters. The maximum absolute atomic E-state index is 12.2. The highest BCUT2D eigenvalue weighted by atomic mass is 35.5. The van der Waals surface area contributed by atoms with Crippen LogP contribution in [-0.2, 0) is 6.42 Å². The summed E-state index contributed by atoms with van der Waals surface area (Å²) in [5.74, 6) is -0.123. The van der Waals surface area contributed by atoms with Gasteiger partial charge in [0.2, 0.25) is 0 Å². The predicted octanol–water partition coefficient (Wildman–Crippen LogP) is 3.58. The summed E-state index contributed by atoms with van der Waals surface area (Å²) < 4.78 is 0. The van der Waals surface area contributed by atoms with E-state index in [0.29, 0.717) is 10.6 Å². The lowest BCUT2D eigenvalue weighted by molar-refractivity contribution is 0.0939. The van der Waals surface area contributed by atoms with Crippen molar-refractivity contribution in [2.24, 2.45) is 0 Å². The Balaban J connectivity index is 1.72. The number of rotatable bonds is 3. The third-order valence-corrected chi connectivity index (χ3v) is 4.05. The third kappa shape index (κ3) is 3.22. The van der Waals surface area contributed by atoms with Crippen molar-refractivity contribution in [3.05, 3.63) is 58.4 Å². The normalized spacial score (nSPS) is 14.6. The second-order valence-corrected chi connectivity index (χ2v) is 5.90. The zero-order valence-corrected chi connectivity index (χ0v) is 13.2. The lowest BCUT2D eigenvalue weighted by atomic mass is 10.1. The Labute approximate surface area is 134 Å². The Hall–Kier alpha value is -2.07. The molecule has 2 aromatic rings. The molecule has 1 aromatic carbocycles. The highest BCUT2D eigenvalue weighted by Gasteiger charge is 2.16. The van der Waals surface area contributed by atoms with E-state index in [1.165, 1.54) is 0 Å². The summed E-state index contributed by atoms with van der Waals surface area (Å²) in [6.07, 6.45) is 2.07. The summed E-state index contributed by atoms with van der Waals surface area (Å²) in [4.78, 5) is 16.9. The molecule has 1 amide bonds. The average molecular weight is 316 g/mol. The molecule has 5 heteroatoms. The lowest BCUT2D eigenvalue weighted by Crippen LogP contribution is -2.27. The van der Waals surface area contributed by atoms with E-state index in [1.807, 2.05) is 19.1 Å².